The number of anilines is 2. The predicted molar refractivity (Wildman–Crippen MR) is 192 cm³/mol. The first-order chi connectivity index (χ1) is 24.5. The molecule has 4 aromatic rings. The van der Waals surface area contributed by atoms with E-state index in [0.29, 0.717) is 68.9 Å². The molecule has 3 fully saturated rings. The summed E-state index contributed by atoms with van der Waals surface area (Å²) in [5.41, 5.74) is 5.38. The molecule has 3 aliphatic heterocycles. The van der Waals surface area contributed by atoms with E-state index in [1.807, 2.05) is 36.4 Å². The first-order valence-corrected chi connectivity index (χ1v) is 17.5. The van der Waals surface area contributed by atoms with Crippen LogP contribution in [0.2, 0.25) is 0 Å². The fourth-order valence-corrected chi connectivity index (χ4v) is 6.92. The van der Waals surface area contributed by atoms with Crippen LogP contribution in [-0.4, -0.2) is 120 Å². The lowest BCUT2D eigenvalue weighted by Gasteiger charge is -2.33. The number of piperidine rings is 1. The van der Waals surface area contributed by atoms with Crippen LogP contribution in [-0.2, 0) is 20.8 Å². The Labute approximate surface area is 292 Å². The van der Waals surface area contributed by atoms with Crippen LogP contribution in [0.25, 0.3) is 22.3 Å². The molecule has 0 saturated carbocycles. The molecule has 2 amide bonds. The number of nitrogens with zero attached hydrogens (tertiary/aromatic N) is 6. The number of morpholine rings is 2. The van der Waals surface area contributed by atoms with Gasteiger partial charge in [-0.2, -0.15) is 0 Å². The van der Waals surface area contributed by atoms with Crippen molar-refractivity contribution in [3.05, 3.63) is 78.4 Å². The van der Waals surface area contributed by atoms with Gasteiger partial charge in [0.2, 0.25) is 5.91 Å². The number of amides is 2. The van der Waals surface area contributed by atoms with Gasteiger partial charge in [-0.3, -0.25) is 24.4 Å². The Balaban J connectivity index is 0.912. The SMILES string of the molecule is C=C(CN1CCOCC1)C(=O)NCC1CCCN(Cc2ccnc(C(=O)Nc3ccc(-c4cc5c(N6CCOCC6)ncnc5[nH]4)cc3)c2)C1. The van der Waals surface area contributed by atoms with Gasteiger partial charge in [0.05, 0.1) is 31.8 Å². The van der Waals surface area contributed by atoms with E-state index in [2.05, 4.69) is 57.9 Å². The molecule has 0 spiro atoms. The number of H-pyrrole nitrogens is 1. The maximum absolute atomic E-state index is 13.2. The minimum Gasteiger partial charge on any atom is -0.379 e. The molecule has 6 heterocycles. The van der Waals surface area contributed by atoms with Gasteiger partial charge in [0.1, 0.15) is 23.5 Å². The number of nitrogens with one attached hydrogen (secondary N) is 3. The lowest BCUT2D eigenvalue weighted by Crippen LogP contribution is -2.42. The second kappa shape index (κ2) is 15.9. The van der Waals surface area contributed by atoms with Crippen LogP contribution in [0.5, 0.6) is 0 Å². The van der Waals surface area contributed by atoms with Gasteiger partial charge in [0, 0.05) is 75.5 Å². The normalized spacial score (nSPS) is 19.0. The van der Waals surface area contributed by atoms with Gasteiger partial charge in [-0.05, 0) is 66.8 Å². The van der Waals surface area contributed by atoms with Gasteiger partial charge < -0.3 is 30.0 Å². The largest absolute Gasteiger partial charge is 0.379 e. The molecule has 1 unspecified atom stereocenters. The fraction of sp³-hybridized carbons (Fsp3) is 0.432. The maximum atomic E-state index is 13.2. The summed E-state index contributed by atoms with van der Waals surface area (Å²) in [6.45, 7) is 13.8. The minimum atomic E-state index is -0.257. The molecule has 13 nitrogen and oxygen atoms in total. The first kappa shape index (κ1) is 33.8. The number of fused-ring (bicyclic) bond motifs is 1. The van der Waals surface area contributed by atoms with Crippen molar-refractivity contribution < 1.29 is 19.1 Å². The van der Waals surface area contributed by atoms with Gasteiger partial charge in [-0.1, -0.05) is 18.7 Å². The van der Waals surface area contributed by atoms with Gasteiger partial charge in [-0.25, -0.2) is 9.97 Å². The molecule has 1 atom stereocenters. The summed E-state index contributed by atoms with van der Waals surface area (Å²) in [6, 6.07) is 13.6. The van der Waals surface area contributed by atoms with Crippen molar-refractivity contribution in [1.29, 1.82) is 0 Å². The summed E-state index contributed by atoms with van der Waals surface area (Å²) in [6.07, 6.45) is 5.41. The van der Waals surface area contributed by atoms with E-state index in [0.717, 1.165) is 85.8 Å². The van der Waals surface area contributed by atoms with Crippen LogP contribution < -0.4 is 15.5 Å². The van der Waals surface area contributed by atoms with Crippen LogP contribution in [0.4, 0.5) is 11.5 Å². The van der Waals surface area contributed by atoms with Crippen LogP contribution in [0.15, 0.2) is 67.1 Å². The van der Waals surface area contributed by atoms with Crippen molar-refractivity contribution in [2.24, 2.45) is 5.92 Å². The molecule has 262 valence electrons. The van der Waals surface area contributed by atoms with Crippen molar-refractivity contribution in [1.82, 2.24) is 35.1 Å². The smallest absolute Gasteiger partial charge is 0.274 e. The molecule has 1 aromatic carbocycles. The van der Waals surface area contributed by atoms with Crippen LogP contribution in [0, 0.1) is 5.92 Å². The van der Waals surface area contributed by atoms with E-state index in [-0.39, 0.29) is 11.8 Å². The number of aromatic amines is 1. The number of likely N-dealkylation sites (tertiary alicyclic amines) is 1. The molecule has 3 saturated heterocycles. The number of hydrogen-bond acceptors (Lipinski definition) is 10. The molecular weight excluding hydrogens is 634 g/mol. The van der Waals surface area contributed by atoms with Crippen molar-refractivity contribution in [2.45, 2.75) is 19.4 Å². The van der Waals surface area contributed by atoms with Gasteiger partial charge in [0.25, 0.3) is 5.91 Å². The number of benzene rings is 1. The molecule has 3 aromatic heterocycles. The quantitative estimate of drug-likeness (QED) is 0.202. The Morgan fingerprint density at radius 3 is 2.50 bits per heavy atom. The van der Waals surface area contributed by atoms with Crippen molar-refractivity contribution >= 4 is 34.4 Å². The molecule has 7 rings (SSSR count). The number of carbonyl (C=O) groups is 2. The number of aromatic nitrogens is 4. The van der Waals surface area contributed by atoms with E-state index in [9.17, 15) is 9.59 Å². The van der Waals surface area contributed by atoms with E-state index in [1.54, 1.807) is 12.5 Å². The highest BCUT2D eigenvalue weighted by Gasteiger charge is 2.23. The highest BCUT2D eigenvalue weighted by Crippen LogP contribution is 2.30. The lowest BCUT2D eigenvalue weighted by molar-refractivity contribution is -0.118. The van der Waals surface area contributed by atoms with Gasteiger partial charge >= 0.3 is 0 Å². The maximum Gasteiger partial charge on any atom is 0.274 e. The van der Waals surface area contributed by atoms with Crippen molar-refractivity contribution in [2.75, 3.05) is 89.0 Å². The Bertz CT molecular complexity index is 1800. The Kier molecular flexibility index (Phi) is 10.7. The topological polar surface area (TPSA) is 141 Å². The van der Waals surface area contributed by atoms with Crippen molar-refractivity contribution in [3.8, 4) is 11.3 Å². The third-order valence-corrected chi connectivity index (χ3v) is 9.63. The number of rotatable bonds is 11. The average Bonchev–Trinajstić information content (AvgIpc) is 3.60. The molecular formula is C37H45N9O4. The van der Waals surface area contributed by atoms with Gasteiger partial charge in [0.15, 0.2) is 0 Å². The molecule has 3 N–H and O–H groups in total. The number of pyridine rings is 1. The average molecular weight is 680 g/mol. The van der Waals surface area contributed by atoms with E-state index in [1.165, 1.54) is 0 Å². The summed E-state index contributed by atoms with van der Waals surface area (Å²) >= 11 is 0. The van der Waals surface area contributed by atoms with E-state index in [4.69, 9.17) is 9.47 Å². The zero-order valence-electron chi connectivity index (χ0n) is 28.4. The third kappa shape index (κ3) is 8.36. The Morgan fingerprint density at radius 2 is 1.70 bits per heavy atom. The number of hydrogen-bond donors (Lipinski definition) is 3. The molecule has 13 heteroatoms. The lowest BCUT2D eigenvalue weighted by atomic mass is 9.97. The summed E-state index contributed by atoms with van der Waals surface area (Å²) in [7, 11) is 0. The second-order valence-corrected chi connectivity index (χ2v) is 13.3. The van der Waals surface area contributed by atoms with E-state index < -0.39 is 0 Å². The summed E-state index contributed by atoms with van der Waals surface area (Å²) < 4.78 is 10.9. The summed E-state index contributed by atoms with van der Waals surface area (Å²) in [5, 5.41) is 7.07. The monoisotopic (exact) mass is 679 g/mol. The number of carbonyl (C=O) groups excluding carboxylic acids is 2. The molecule has 0 bridgehead atoms. The molecule has 50 heavy (non-hydrogen) atoms. The third-order valence-electron chi connectivity index (χ3n) is 9.63. The fourth-order valence-electron chi connectivity index (χ4n) is 6.92. The van der Waals surface area contributed by atoms with Crippen LogP contribution in [0.3, 0.4) is 0 Å². The predicted octanol–water partition coefficient (Wildman–Crippen LogP) is 3.33. The van der Waals surface area contributed by atoms with Crippen molar-refractivity contribution in [3.63, 3.8) is 0 Å². The summed E-state index contributed by atoms with van der Waals surface area (Å²) in [5.74, 6) is 0.942. The number of ether oxygens (including phenoxy) is 2. The molecule has 0 aliphatic carbocycles. The Morgan fingerprint density at radius 1 is 0.920 bits per heavy atom. The highest BCUT2D eigenvalue weighted by atomic mass is 16.5. The zero-order valence-corrected chi connectivity index (χ0v) is 28.4. The van der Waals surface area contributed by atoms with Crippen LogP contribution in [0.1, 0.15) is 28.9 Å². The van der Waals surface area contributed by atoms with Gasteiger partial charge in [-0.15, -0.1) is 0 Å². The summed E-state index contributed by atoms with van der Waals surface area (Å²) in [4.78, 5) is 49.5. The standard InChI is InChI=1S/C37H45N9O4/c1-26(22-44-11-15-49-16-12-44)36(47)39-21-28-3-2-10-45(24-28)23-27-8-9-38-33(19-27)37(48)42-30-6-4-29(5-7-30)32-20-31-34(43-32)40-25-41-35(31)46-13-17-50-18-14-46/h4-9,19-20,25,28H,1-3,10-18,21-24H2,(H,39,47)(H,42,48)(H,40,41,43). The van der Waals surface area contributed by atoms with E-state index >= 15 is 0 Å². The molecule has 3 aliphatic rings. The highest BCUT2D eigenvalue weighted by molar-refractivity contribution is 6.03. The zero-order chi connectivity index (χ0) is 34.3. The molecule has 0 radical (unpaired) electrons. The first-order valence-electron chi connectivity index (χ1n) is 17.5. The minimum absolute atomic E-state index is 0.0705. The van der Waals surface area contributed by atoms with Crippen LogP contribution >= 0.6 is 0 Å². The second-order valence-electron chi connectivity index (χ2n) is 13.3. The Hall–Kier alpha value is -4.69.